The van der Waals surface area contributed by atoms with Crippen molar-refractivity contribution in [3.63, 3.8) is 0 Å². The first-order valence-electron chi connectivity index (χ1n) is 10.5. The van der Waals surface area contributed by atoms with Crippen molar-refractivity contribution in [1.82, 2.24) is 10.2 Å². The number of hydrogen-bond acceptors (Lipinski definition) is 3. The molecule has 0 aromatic heterocycles. The topological polar surface area (TPSA) is 58.6 Å². The largest absolute Gasteiger partial charge is 0.494 e. The molecule has 2 amide bonds. The molecule has 3 rings (SSSR count). The van der Waals surface area contributed by atoms with Crippen LogP contribution in [-0.4, -0.2) is 29.9 Å². The minimum atomic E-state index is -0.240. The van der Waals surface area contributed by atoms with Gasteiger partial charge in [0.25, 0.3) is 0 Å². The third kappa shape index (κ3) is 6.34. The van der Waals surface area contributed by atoms with Crippen LogP contribution in [0.15, 0.2) is 54.6 Å². The van der Waals surface area contributed by atoms with Gasteiger partial charge in [-0.25, -0.2) is 0 Å². The molecule has 1 unspecified atom stereocenters. The summed E-state index contributed by atoms with van der Waals surface area (Å²) < 4.78 is 5.50. The second-order valence-electron chi connectivity index (χ2n) is 7.50. The van der Waals surface area contributed by atoms with E-state index in [2.05, 4.69) is 5.32 Å². The van der Waals surface area contributed by atoms with E-state index in [1.54, 1.807) is 0 Å². The zero-order valence-corrected chi connectivity index (χ0v) is 17.1. The van der Waals surface area contributed by atoms with Crippen LogP contribution in [-0.2, 0) is 22.7 Å². The van der Waals surface area contributed by atoms with Crippen molar-refractivity contribution in [2.24, 2.45) is 5.92 Å². The fourth-order valence-electron chi connectivity index (χ4n) is 3.74. The van der Waals surface area contributed by atoms with E-state index in [-0.39, 0.29) is 24.2 Å². The third-order valence-electron chi connectivity index (χ3n) is 5.24. The van der Waals surface area contributed by atoms with E-state index in [4.69, 9.17) is 4.74 Å². The summed E-state index contributed by atoms with van der Waals surface area (Å²) in [6, 6.07) is 17.7. The molecule has 1 N–H and O–H groups in total. The maximum Gasteiger partial charge on any atom is 0.226 e. The van der Waals surface area contributed by atoms with E-state index in [0.717, 1.165) is 42.7 Å². The Hall–Kier alpha value is -2.82. The Morgan fingerprint density at radius 1 is 1.10 bits per heavy atom. The van der Waals surface area contributed by atoms with Crippen molar-refractivity contribution in [1.29, 1.82) is 0 Å². The molecule has 5 nitrogen and oxygen atoms in total. The summed E-state index contributed by atoms with van der Waals surface area (Å²) in [5, 5.41) is 2.96. The first kappa shape index (κ1) is 20.9. The summed E-state index contributed by atoms with van der Waals surface area (Å²) in [4.78, 5) is 27.4. The molecule has 5 heteroatoms. The normalized spacial score (nSPS) is 16.9. The van der Waals surface area contributed by atoms with Crippen LogP contribution in [0.2, 0.25) is 0 Å². The molecule has 154 valence electrons. The van der Waals surface area contributed by atoms with Crippen LogP contribution in [0.25, 0.3) is 0 Å². The maximum absolute atomic E-state index is 13.0. The number of nitrogens with zero attached hydrogens (tertiary/aromatic N) is 1. The highest BCUT2D eigenvalue weighted by Crippen LogP contribution is 2.22. The van der Waals surface area contributed by atoms with Crippen LogP contribution in [0.5, 0.6) is 5.75 Å². The average molecular weight is 395 g/mol. The molecule has 0 spiro atoms. The average Bonchev–Trinajstić information content (AvgIpc) is 2.90. The lowest BCUT2D eigenvalue weighted by Crippen LogP contribution is -2.37. The van der Waals surface area contributed by atoms with E-state index in [1.165, 1.54) is 0 Å². The van der Waals surface area contributed by atoms with Crippen LogP contribution in [0.1, 0.15) is 43.7 Å². The van der Waals surface area contributed by atoms with Crippen molar-refractivity contribution in [3.05, 3.63) is 65.7 Å². The van der Waals surface area contributed by atoms with Gasteiger partial charge < -0.3 is 15.0 Å². The molecule has 0 radical (unpaired) electrons. The molecule has 0 aliphatic carbocycles. The van der Waals surface area contributed by atoms with Crippen LogP contribution in [0, 0.1) is 5.92 Å². The molecule has 1 heterocycles. The van der Waals surface area contributed by atoms with Gasteiger partial charge in [0, 0.05) is 32.0 Å². The van der Waals surface area contributed by atoms with E-state index < -0.39 is 0 Å². The molecule has 2 aromatic rings. The van der Waals surface area contributed by atoms with Gasteiger partial charge in [-0.1, -0.05) is 48.9 Å². The lowest BCUT2D eigenvalue weighted by molar-refractivity contribution is -0.138. The number of ether oxygens (including phenoxy) is 1. The van der Waals surface area contributed by atoms with Gasteiger partial charge in [0.2, 0.25) is 11.8 Å². The first-order chi connectivity index (χ1) is 14.2. The van der Waals surface area contributed by atoms with E-state index in [1.807, 2.05) is 66.4 Å². The van der Waals surface area contributed by atoms with Gasteiger partial charge in [-0.3, -0.25) is 9.59 Å². The van der Waals surface area contributed by atoms with Crippen molar-refractivity contribution >= 4 is 11.8 Å². The van der Waals surface area contributed by atoms with Gasteiger partial charge in [-0.15, -0.1) is 0 Å². The molecule has 1 fully saturated rings. The number of benzene rings is 2. The fraction of sp³-hybridized carbons (Fsp3) is 0.417. The third-order valence-corrected chi connectivity index (χ3v) is 5.24. The summed E-state index contributed by atoms with van der Waals surface area (Å²) >= 11 is 0. The van der Waals surface area contributed by atoms with Gasteiger partial charge in [0.1, 0.15) is 5.75 Å². The predicted octanol–water partition coefficient (Wildman–Crippen LogP) is 3.92. The molecular formula is C24H30N2O3. The maximum atomic E-state index is 13.0. The molecular weight excluding hydrogens is 364 g/mol. The number of carbonyl (C=O) groups excluding carboxylic acids is 2. The number of amides is 2. The number of likely N-dealkylation sites (tertiary alicyclic amines) is 1. The Morgan fingerprint density at radius 3 is 2.69 bits per heavy atom. The van der Waals surface area contributed by atoms with Crippen molar-refractivity contribution in [2.75, 3.05) is 13.2 Å². The van der Waals surface area contributed by atoms with Crippen molar-refractivity contribution < 1.29 is 14.3 Å². The summed E-state index contributed by atoms with van der Waals surface area (Å²) in [5.74, 6) is 0.581. The van der Waals surface area contributed by atoms with Crippen LogP contribution in [0.4, 0.5) is 0 Å². The van der Waals surface area contributed by atoms with E-state index in [0.29, 0.717) is 19.7 Å². The minimum absolute atomic E-state index is 0.0771. The molecule has 0 bridgehead atoms. The second-order valence-corrected chi connectivity index (χ2v) is 7.50. The monoisotopic (exact) mass is 394 g/mol. The first-order valence-corrected chi connectivity index (χ1v) is 10.5. The molecule has 0 saturated carbocycles. The minimum Gasteiger partial charge on any atom is -0.494 e. The predicted molar refractivity (Wildman–Crippen MR) is 113 cm³/mol. The molecule has 1 aliphatic heterocycles. The quantitative estimate of drug-likeness (QED) is 0.738. The highest BCUT2D eigenvalue weighted by Gasteiger charge is 2.28. The fourth-order valence-corrected chi connectivity index (χ4v) is 3.74. The Labute approximate surface area is 173 Å². The summed E-state index contributed by atoms with van der Waals surface area (Å²) in [6.45, 7) is 4.37. The van der Waals surface area contributed by atoms with Gasteiger partial charge >= 0.3 is 0 Å². The highest BCUT2D eigenvalue weighted by atomic mass is 16.5. The number of rotatable bonds is 8. The summed E-state index contributed by atoms with van der Waals surface area (Å²) in [5.41, 5.74) is 2.11. The molecule has 1 atom stereocenters. The molecule has 1 saturated heterocycles. The number of nitrogens with one attached hydrogen (secondary N) is 1. The van der Waals surface area contributed by atoms with Crippen molar-refractivity contribution in [3.8, 4) is 5.75 Å². The molecule has 29 heavy (non-hydrogen) atoms. The highest BCUT2D eigenvalue weighted by molar-refractivity contribution is 5.86. The van der Waals surface area contributed by atoms with Gasteiger partial charge in [0.05, 0.1) is 6.61 Å². The van der Waals surface area contributed by atoms with Crippen LogP contribution >= 0.6 is 0 Å². The van der Waals surface area contributed by atoms with Gasteiger partial charge in [-0.2, -0.15) is 0 Å². The standard InChI is InChI=1S/C24H30N2O3/c1-2-29-22-13-8-11-20(15-22)17-25-23(27)16-21-12-6-7-14-26(24(21)28)18-19-9-4-3-5-10-19/h3-5,8-11,13,15,21H,2,6-7,12,14,16-18H2,1H3,(H,25,27). The summed E-state index contributed by atoms with van der Waals surface area (Å²) in [6.07, 6.45) is 2.99. The van der Waals surface area contributed by atoms with E-state index >= 15 is 0 Å². The van der Waals surface area contributed by atoms with Gasteiger partial charge in [0.15, 0.2) is 0 Å². The van der Waals surface area contributed by atoms with Crippen LogP contribution < -0.4 is 10.1 Å². The molecule has 1 aliphatic rings. The zero-order chi connectivity index (χ0) is 20.5. The lowest BCUT2D eigenvalue weighted by atomic mass is 9.98. The van der Waals surface area contributed by atoms with Crippen molar-refractivity contribution in [2.45, 2.75) is 45.7 Å². The Morgan fingerprint density at radius 2 is 1.90 bits per heavy atom. The zero-order valence-electron chi connectivity index (χ0n) is 17.1. The van der Waals surface area contributed by atoms with Gasteiger partial charge in [-0.05, 0) is 43.0 Å². The lowest BCUT2D eigenvalue weighted by Gasteiger charge is -2.24. The van der Waals surface area contributed by atoms with Crippen LogP contribution in [0.3, 0.4) is 0 Å². The van der Waals surface area contributed by atoms with E-state index in [9.17, 15) is 9.59 Å². The summed E-state index contributed by atoms with van der Waals surface area (Å²) in [7, 11) is 0. The Bertz CT molecular complexity index is 807. The Balaban J connectivity index is 1.54. The number of hydrogen-bond donors (Lipinski definition) is 1. The SMILES string of the molecule is CCOc1cccc(CNC(=O)CC2CCCCN(Cc3ccccc3)C2=O)c1. The molecule has 2 aromatic carbocycles. The second kappa shape index (κ2) is 10.6. The number of carbonyl (C=O) groups is 2. The smallest absolute Gasteiger partial charge is 0.226 e. The Kier molecular flexibility index (Phi) is 7.68.